The zero-order valence-corrected chi connectivity index (χ0v) is 10.3. The number of phenolic OH excluding ortho intramolecular Hbond substituents is 1. The molecule has 1 rings (SSSR count). The van der Waals surface area contributed by atoms with Crippen molar-refractivity contribution < 1.29 is 5.11 Å². The van der Waals surface area contributed by atoms with E-state index in [1.165, 1.54) is 0 Å². The standard InChI is InChI=1S/C14H20O/c1-6-7-11-8-10(2)13(15)12(9-11)14(3,4)5/h6-9,15H,1-5H3. The Morgan fingerprint density at radius 2 is 1.80 bits per heavy atom. The smallest absolute Gasteiger partial charge is 0.122 e. The average Bonchev–Trinajstić information content (AvgIpc) is 2.09. The second-order valence-electron chi connectivity index (χ2n) is 4.98. The van der Waals surface area contributed by atoms with Crippen molar-refractivity contribution in [3.63, 3.8) is 0 Å². The van der Waals surface area contributed by atoms with Crippen molar-refractivity contribution in [1.82, 2.24) is 0 Å². The fourth-order valence-electron chi connectivity index (χ4n) is 1.67. The summed E-state index contributed by atoms with van der Waals surface area (Å²) in [4.78, 5) is 0. The van der Waals surface area contributed by atoms with Crippen molar-refractivity contribution in [3.8, 4) is 5.75 Å². The summed E-state index contributed by atoms with van der Waals surface area (Å²) in [5.41, 5.74) is 3.08. The minimum Gasteiger partial charge on any atom is -0.507 e. The zero-order chi connectivity index (χ0) is 11.6. The lowest BCUT2D eigenvalue weighted by Gasteiger charge is -2.22. The van der Waals surface area contributed by atoms with E-state index in [0.29, 0.717) is 5.75 Å². The first-order valence-electron chi connectivity index (χ1n) is 5.33. The maximum Gasteiger partial charge on any atom is 0.122 e. The Kier molecular flexibility index (Phi) is 3.23. The van der Waals surface area contributed by atoms with Gasteiger partial charge in [0.1, 0.15) is 5.75 Å². The van der Waals surface area contributed by atoms with Gasteiger partial charge in [-0.1, -0.05) is 32.9 Å². The summed E-state index contributed by atoms with van der Waals surface area (Å²) in [6.07, 6.45) is 4.07. The summed E-state index contributed by atoms with van der Waals surface area (Å²) in [7, 11) is 0. The molecule has 0 aromatic heterocycles. The predicted octanol–water partition coefficient (Wildman–Crippen LogP) is 4.03. The Hall–Kier alpha value is -1.24. The first-order valence-corrected chi connectivity index (χ1v) is 5.33. The fraction of sp³-hybridized carbons (Fsp3) is 0.429. The summed E-state index contributed by atoms with van der Waals surface area (Å²) in [5.74, 6) is 0.427. The van der Waals surface area contributed by atoms with Gasteiger partial charge in [0.05, 0.1) is 0 Å². The van der Waals surface area contributed by atoms with Crippen LogP contribution in [0.25, 0.3) is 6.08 Å². The molecule has 1 heteroatoms. The lowest BCUT2D eigenvalue weighted by Crippen LogP contribution is -2.12. The molecule has 0 aliphatic carbocycles. The van der Waals surface area contributed by atoms with E-state index >= 15 is 0 Å². The summed E-state index contributed by atoms with van der Waals surface area (Å²) >= 11 is 0. The molecule has 0 aliphatic heterocycles. The zero-order valence-electron chi connectivity index (χ0n) is 10.3. The van der Waals surface area contributed by atoms with E-state index in [1.807, 2.05) is 26.0 Å². The fourth-order valence-corrected chi connectivity index (χ4v) is 1.67. The lowest BCUT2D eigenvalue weighted by molar-refractivity contribution is 0.443. The van der Waals surface area contributed by atoms with E-state index in [-0.39, 0.29) is 5.41 Å². The number of hydrogen-bond donors (Lipinski definition) is 1. The van der Waals surface area contributed by atoms with Gasteiger partial charge in [0.2, 0.25) is 0 Å². The van der Waals surface area contributed by atoms with Gasteiger partial charge in [0.25, 0.3) is 0 Å². The summed E-state index contributed by atoms with van der Waals surface area (Å²) < 4.78 is 0. The van der Waals surface area contributed by atoms with Gasteiger partial charge >= 0.3 is 0 Å². The van der Waals surface area contributed by atoms with E-state index in [9.17, 15) is 5.11 Å². The molecule has 0 unspecified atom stereocenters. The molecule has 0 fully saturated rings. The van der Waals surface area contributed by atoms with E-state index in [4.69, 9.17) is 0 Å². The molecule has 82 valence electrons. The highest BCUT2D eigenvalue weighted by atomic mass is 16.3. The Morgan fingerprint density at radius 1 is 1.20 bits per heavy atom. The number of benzene rings is 1. The van der Waals surface area contributed by atoms with Crippen LogP contribution in [0.1, 0.15) is 44.4 Å². The third kappa shape index (κ3) is 2.62. The lowest BCUT2D eigenvalue weighted by atomic mass is 9.84. The van der Waals surface area contributed by atoms with Crippen molar-refractivity contribution >= 4 is 6.08 Å². The number of rotatable bonds is 1. The van der Waals surface area contributed by atoms with Gasteiger partial charge in [0, 0.05) is 5.56 Å². The van der Waals surface area contributed by atoms with Crippen molar-refractivity contribution in [2.24, 2.45) is 0 Å². The maximum atomic E-state index is 10.0. The van der Waals surface area contributed by atoms with Crippen LogP contribution < -0.4 is 0 Å². The van der Waals surface area contributed by atoms with Gasteiger partial charge in [-0.3, -0.25) is 0 Å². The molecule has 0 saturated heterocycles. The van der Waals surface area contributed by atoms with Gasteiger partial charge in [-0.25, -0.2) is 0 Å². The maximum absolute atomic E-state index is 10.0. The number of aromatic hydroxyl groups is 1. The second-order valence-corrected chi connectivity index (χ2v) is 4.98. The van der Waals surface area contributed by atoms with Crippen LogP contribution in [0.2, 0.25) is 0 Å². The molecule has 1 nitrogen and oxygen atoms in total. The predicted molar refractivity (Wildman–Crippen MR) is 66.3 cm³/mol. The van der Waals surface area contributed by atoms with Crippen LogP contribution >= 0.6 is 0 Å². The van der Waals surface area contributed by atoms with Gasteiger partial charge < -0.3 is 5.11 Å². The van der Waals surface area contributed by atoms with Crippen molar-refractivity contribution in [1.29, 1.82) is 0 Å². The molecule has 0 aliphatic rings. The molecule has 0 radical (unpaired) electrons. The van der Waals surface area contributed by atoms with Gasteiger partial charge in [-0.15, -0.1) is 0 Å². The Morgan fingerprint density at radius 3 is 2.27 bits per heavy atom. The highest BCUT2D eigenvalue weighted by Gasteiger charge is 2.19. The molecule has 0 bridgehead atoms. The molecule has 1 N–H and O–H groups in total. The van der Waals surface area contributed by atoms with Gasteiger partial charge in [0.15, 0.2) is 0 Å². The molecular formula is C14H20O. The van der Waals surface area contributed by atoms with Crippen molar-refractivity contribution in [2.75, 3.05) is 0 Å². The summed E-state index contributed by atoms with van der Waals surface area (Å²) in [5, 5.41) is 10.0. The van der Waals surface area contributed by atoms with Crippen LogP contribution in [0.5, 0.6) is 5.75 Å². The van der Waals surface area contributed by atoms with Crippen molar-refractivity contribution in [3.05, 3.63) is 34.9 Å². The molecule has 0 atom stereocenters. The number of hydrogen-bond acceptors (Lipinski definition) is 1. The minimum atomic E-state index is -0.0214. The van der Waals surface area contributed by atoms with Crippen LogP contribution in [0.15, 0.2) is 18.2 Å². The minimum absolute atomic E-state index is 0.0214. The molecule has 0 amide bonds. The summed E-state index contributed by atoms with van der Waals surface area (Å²) in [6.45, 7) is 10.3. The Balaban J connectivity index is 3.38. The van der Waals surface area contributed by atoms with Crippen LogP contribution in [0.3, 0.4) is 0 Å². The molecule has 0 spiro atoms. The molecule has 15 heavy (non-hydrogen) atoms. The van der Waals surface area contributed by atoms with E-state index in [1.54, 1.807) is 0 Å². The number of aryl methyl sites for hydroxylation is 1. The number of allylic oxidation sites excluding steroid dienone is 1. The number of phenols is 1. The highest BCUT2D eigenvalue weighted by molar-refractivity contribution is 5.57. The Bertz CT molecular complexity index is 381. The largest absolute Gasteiger partial charge is 0.507 e. The SMILES string of the molecule is CC=Cc1cc(C)c(O)c(C(C)(C)C)c1. The van der Waals surface area contributed by atoms with Crippen LogP contribution in [-0.2, 0) is 5.41 Å². The molecule has 0 heterocycles. The first-order chi connectivity index (χ1) is 6.86. The first kappa shape index (κ1) is 11.8. The molecule has 1 aromatic rings. The topological polar surface area (TPSA) is 20.2 Å². The van der Waals surface area contributed by atoms with E-state index < -0.39 is 0 Å². The van der Waals surface area contributed by atoms with E-state index in [0.717, 1.165) is 16.7 Å². The van der Waals surface area contributed by atoms with Gasteiger partial charge in [-0.2, -0.15) is 0 Å². The van der Waals surface area contributed by atoms with Crippen LogP contribution in [0, 0.1) is 6.92 Å². The monoisotopic (exact) mass is 204 g/mol. The summed E-state index contributed by atoms with van der Waals surface area (Å²) in [6, 6.07) is 4.06. The van der Waals surface area contributed by atoms with Crippen LogP contribution in [-0.4, -0.2) is 5.11 Å². The molecular weight excluding hydrogens is 184 g/mol. The highest BCUT2D eigenvalue weighted by Crippen LogP contribution is 2.34. The second kappa shape index (κ2) is 4.09. The van der Waals surface area contributed by atoms with E-state index in [2.05, 4.69) is 32.9 Å². The normalized spacial score (nSPS) is 12.3. The van der Waals surface area contributed by atoms with Gasteiger partial charge in [-0.05, 0) is 42.5 Å². The third-order valence-electron chi connectivity index (χ3n) is 2.49. The van der Waals surface area contributed by atoms with Crippen LogP contribution in [0.4, 0.5) is 0 Å². The van der Waals surface area contributed by atoms with Crippen molar-refractivity contribution in [2.45, 2.75) is 40.0 Å². The third-order valence-corrected chi connectivity index (χ3v) is 2.49. The molecule has 0 saturated carbocycles. The quantitative estimate of drug-likeness (QED) is 0.732. The molecule has 1 aromatic carbocycles. The average molecular weight is 204 g/mol. The Labute approximate surface area is 92.5 Å².